The minimum absolute atomic E-state index is 0. The fraction of sp³-hybridized carbons (Fsp3) is 0.833. The zero-order valence-electron chi connectivity index (χ0n) is 4.11. The van der Waals surface area contributed by atoms with Crippen LogP contribution in [0.4, 0.5) is 0 Å². The maximum atomic E-state index is 2.39. The van der Waals surface area contributed by atoms with Crippen LogP contribution in [0.2, 0.25) is 0 Å². The van der Waals surface area contributed by atoms with Gasteiger partial charge in [0.15, 0.2) is 0 Å². The molecule has 7 heavy (non-hydrogen) atoms. The second kappa shape index (κ2) is 4.70. The molecule has 0 spiro atoms. The summed E-state index contributed by atoms with van der Waals surface area (Å²) in [4.78, 5) is 0. The molecule has 0 nitrogen and oxygen atoms in total. The van der Waals surface area contributed by atoms with Gasteiger partial charge in [-0.15, -0.1) is 0 Å². The first-order chi connectivity index (χ1) is 3.00. The van der Waals surface area contributed by atoms with Gasteiger partial charge in [-0.2, -0.15) is 0 Å². The van der Waals surface area contributed by atoms with Crippen LogP contribution in [0.5, 0.6) is 0 Å². The molecule has 0 aromatic rings. The summed E-state index contributed by atoms with van der Waals surface area (Å²) < 4.78 is 0. The van der Waals surface area contributed by atoms with Crippen LogP contribution < -0.4 is 0 Å². The molecular formula is C6H15Ge. The molecule has 0 aliphatic heterocycles. The van der Waals surface area contributed by atoms with Gasteiger partial charge >= 0.3 is 17.6 Å². The average molecular weight is 160 g/mol. The molecule has 0 aromatic carbocycles. The van der Waals surface area contributed by atoms with Crippen molar-refractivity contribution >= 4 is 17.6 Å². The Morgan fingerprint density at radius 1 is 0.857 bits per heavy atom. The van der Waals surface area contributed by atoms with E-state index < -0.39 is 0 Å². The van der Waals surface area contributed by atoms with E-state index in [1.165, 1.54) is 32.1 Å². The van der Waals surface area contributed by atoms with E-state index in [1.807, 2.05) is 0 Å². The Labute approximate surface area is 56.7 Å². The van der Waals surface area contributed by atoms with E-state index in [9.17, 15) is 0 Å². The van der Waals surface area contributed by atoms with E-state index in [0.29, 0.717) is 0 Å². The Morgan fingerprint density at radius 3 is 1.57 bits per heavy atom. The van der Waals surface area contributed by atoms with Crippen LogP contribution in [-0.4, -0.2) is 17.6 Å². The average Bonchev–Trinajstić information content (AvgIpc) is 1.72. The van der Waals surface area contributed by atoms with E-state index in [0.717, 1.165) is 0 Å². The molecule has 43 valence electrons. The van der Waals surface area contributed by atoms with Crippen molar-refractivity contribution in [1.82, 2.24) is 0 Å². The third kappa shape index (κ3) is 3.15. The predicted molar refractivity (Wildman–Crippen MR) is 38.7 cm³/mol. The molecule has 0 heterocycles. The van der Waals surface area contributed by atoms with Crippen LogP contribution in [0.3, 0.4) is 0 Å². The summed E-state index contributed by atoms with van der Waals surface area (Å²) in [6.45, 7) is 0. The van der Waals surface area contributed by atoms with Crippen LogP contribution in [-0.2, 0) is 0 Å². The topological polar surface area (TPSA) is 0 Å². The summed E-state index contributed by atoms with van der Waals surface area (Å²) in [5, 5.41) is 0. The zero-order chi connectivity index (χ0) is 4.24. The van der Waals surface area contributed by atoms with Gasteiger partial charge in [-0.05, 0) is 6.42 Å². The van der Waals surface area contributed by atoms with Gasteiger partial charge in [0.2, 0.25) is 0 Å². The summed E-state index contributed by atoms with van der Waals surface area (Å²) in [5.41, 5.74) is 0. The summed E-state index contributed by atoms with van der Waals surface area (Å²) >= 11 is 0. The number of rotatable bonds is 0. The van der Waals surface area contributed by atoms with E-state index in [2.05, 4.69) is 6.42 Å². The van der Waals surface area contributed by atoms with Gasteiger partial charge in [0.25, 0.3) is 0 Å². The molecule has 0 unspecified atom stereocenters. The van der Waals surface area contributed by atoms with E-state index >= 15 is 0 Å². The maximum absolute atomic E-state index is 2.39. The molecule has 1 saturated carbocycles. The molecule has 1 aliphatic carbocycles. The molecule has 0 atom stereocenters. The summed E-state index contributed by atoms with van der Waals surface area (Å²) in [7, 11) is 0. The van der Waals surface area contributed by atoms with Gasteiger partial charge in [-0.3, -0.25) is 0 Å². The minimum atomic E-state index is 0. The first-order valence-electron chi connectivity index (χ1n) is 2.82. The molecular weight excluding hydrogens is 145 g/mol. The molecule has 1 rings (SSSR count). The van der Waals surface area contributed by atoms with Gasteiger partial charge in [0, 0.05) is 0 Å². The van der Waals surface area contributed by atoms with Crippen LogP contribution in [0, 0.1) is 6.42 Å². The molecule has 1 aliphatic rings. The first-order valence-corrected chi connectivity index (χ1v) is 2.82. The van der Waals surface area contributed by atoms with Gasteiger partial charge in [-0.25, -0.2) is 0 Å². The first kappa shape index (κ1) is 7.54. The van der Waals surface area contributed by atoms with Crippen molar-refractivity contribution in [3.63, 3.8) is 0 Å². The third-order valence-electron chi connectivity index (χ3n) is 1.32. The Hall–Kier alpha value is 0.543. The Bertz CT molecular complexity index is 19.7. The number of hydrogen-bond acceptors (Lipinski definition) is 0. The van der Waals surface area contributed by atoms with E-state index in [-0.39, 0.29) is 17.6 Å². The van der Waals surface area contributed by atoms with Gasteiger partial charge in [-0.1, -0.05) is 32.1 Å². The molecule has 0 amide bonds. The van der Waals surface area contributed by atoms with Crippen LogP contribution in [0.15, 0.2) is 0 Å². The van der Waals surface area contributed by atoms with Crippen molar-refractivity contribution in [3.05, 3.63) is 6.42 Å². The van der Waals surface area contributed by atoms with Crippen molar-refractivity contribution in [1.29, 1.82) is 0 Å². The SMILES string of the molecule is [CH]1CCCCC1.[GeH4]. The van der Waals surface area contributed by atoms with Crippen molar-refractivity contribution in [2.45, 2.75) is 32.1 Å². The Morgan fingerprint density at radius 2 is 1.43 bits per heavy atom. The standard InChI is InChI=1S/C6H11.GeH4/c1-2-4-6-5-3-1;/h1H,2-6H2;1H4. The normalized spacial score (nSPS) is 20.6. The third-order valence-corrected chi connectivity index (χ3v) is 1.32. The predicted octanol–water partition coefficient (Wildman–Crippen LogP) is 0.703. The second-order valence-electron chi connectivity index (χ2n) is 1.93. The monoisotopic (exact) mass is 161 g/mol. The van der Waals surface area contributed by atoms with Crippen molar-refractivity contribution in [3.8, 4) is 0 Å². The zero-order valence-corrected chi connectivity index (χ0v) is 4.11. The molecule has 0 bridgehead atoms. The van der Waals surface area contributed by atoms with Crippen molar-refractivity contribution in [2.75, 3.05) is 0 Å². The van der Waals surface area contributed by atoms with E-state index in [4.69, 9.17) is 0 Å². The van der Waals surface area contributed by atoms with Gasteiger partial charge in [0.05, 0.1) is 0 Å². The van der Waals surface area contributed by atoms with E-state index in [1.54, 1.807) is 0 Å². The van der Waals surface area contributed by atoms with Crippen LogP contribution in [0.25, 0.3) is 0 Å². The molecule has 0 saturated heterocycles. The Balaban J connectivity index is 0.000000360. The number of hydrogen-bond donors (Lipinski definition) is 0. The molecule has 0 N–H and O–H groups in total. The fourth-order valence-electron chi connectivity index (χ4n) is 0.898. The quantitative estimate of drug-likeness (QED) is 0.457. The van der Waals surface area contributed by atoms with Gasteiger partial charge in [0.1, 0.15) is 0 Å². The van der Waals surface area contributed by atoms with Gasteiger partial charge < -0.3 is 0 Å². The Kier molecular flexibility index (Phi) is 5.06. The fourth-order valence-corrected chi connectivity index (χ4v) is 0.898. The van der Waals surface area contributed by atoms with Crippen LogP contribution >= 0.6 is 0 Å². The van der Waals surface area contributed by atoms with Crippen molar-refractivity contribution in [2.24, 2.45) is 0 Å². The van der Waals surface area contributed by atoms with Crippen LogP contribution in [0.1, 0.15) is 32.1 Å². The molecule has 1 fully saturated rings. The summed E-state index contributed by atoms with van der Waals surface area (Å²) in [6, 6.07) is 0. The summed E-state index contributed by atoms with van der Waals surface area (Å²) in [5.74, 6) is 0. The van der Waals surface area contributed by atoms with Crippen molar-refractivity contribution < 1.29 is 0 Å². The summed E-state index contributed by atoms with van der Waals surface area (Å²) in [6.07, 6.45) is 9.50. The second-order valence-corrected chi connectivity index (χ2v) is 1.93. The molecule has 0 aromatic heterocycles. The molecule has 1 heteroatoms. The molecule has 1 radical (unpaired) electrons.